The van der Waals surface area contributed by atoms with Crippen molar-refractivity contribution >= 4 is 23.1 Å². The number of hydrogen-bond acceptors (Lipinski definition) is 4. The third-order valence-corrected chi connectivity index (χ3v) is 3.66. The summed E-state index contributed by atoms with van der Waals surface area (Å²) in [7, 11) is 0. The third kappa shape index (κ3) is 4.82. The van der Waals surface area contributed by atoms with Gasteiger partial charge in [-0.15, -0.1) is 0 Å². The molecule has 1 aromatic heterocycles. The van der Waals surface area contributed by atoms with Gasteiger partial charge in [0.05, 0.1) is 23.0 Å². The molecule has 3 rings (SSSR count). The second-order valence-electron chi connectivity index (χ2n) is 6.15. The van der Waals surface area contributed by atoms with Gasteiger partial charge in [0.2, 0.25) is 0 Å². The zero-order valence-electron chi connectivity index (χ0n) is 15.1. The van der Waals surface area contributed by atoms with Crippen molar-refractivity contribution in [1.82, 2.24) is 4.98 Å². The van der Waals surface area contributed by atoms with E-state index >= 15 is 0 Å². The molecule has 0 aliphatic rings. The van der Waals surface area contributed by atoms with Crippen molar-refractivity contribution in [3.63, 3.8) is 0 Å². The minimum atomic E-state index is -0.372. The Morgan fingerprint density at radius 2 is 1.70 bits per heavy atom. The highest BCUT2D eigenvalue weighted by Crippen LogP contribution is 2.25. The van der Waals surface area contributed by atoms with Crippen molar-refractivity contribution in [2.75, 3.05) is 10.6 Å². The number of benzene rings is 2. The Morgan fingerprint density at radius 1 is 1.00 bits per heavy atom. The highest BCUT2D eigenvalue weighted by Gasteiger charge is 2.11. The number of rotatable bonds is 6. The molecule has 27 heavy (non-hydrogen) atoms. The quantitative estimate of drug-likeness (QED) is 0.645. The van der Waals surface area contributed by atoms with Crippen LogP contribution in [-0.2, 0) is 0 Å². The predicted molar refractivity (Wildman–Crippen MR) is 104 cm³/mol. The van der Waals surface area contributed by atoms with E-state index in [1.165, 1.54) is 12.3 Å². The molecular weight excluding hydrogens is 345 g/mol. The van der Waals surface area contributed by atoms with Gasteiger partial charge in [-0.25, -0.2) is 9.37 Å². The largest absolute Gasteiger partial charge is 0.489 e. The third-order valence-electron chi connectivity index (χ3n) is 3.66. The highest BCUT2D eigenvalue weighted by atomic mass is 19.1. The summed E-state index contributed by atoms with van der Waals surface area (Å²) < 4.78 is 19.4. The van der Waals surface area contributed by atoms with E-state index in [4.69, 9.17) is 4.74 Å². The fourth-order valence-corrected chi connectivity index (χ4v) is 2.42. The number of hydrogen-bond donors (Lipinski definition) is 2. The Labute approximate surface area is 157 Å². The molecule has 2 N–H and O–H groups in total. The number of carbonyl (C=O) groups is 1. The topological polar surface area (TPSA) is 63.2 Å². The van der Waals surface area contributed by atoms with E-state index < -0.39 is 0 Å². The van der Waals surface area contributed by atoms with Crippen LogP contribution in [0.25, 0.3) is 0 Å². The van der Waals surface area contributed by atoms with Gasteiger partial charge in [0, 0.05) is 6.20 Å². The van der Waals surface area contributed by atoms with Gasteiger partial charge in [-0.05, 0) is 50.2 Å². The minimum absolute atomic E-state index is 0.00606. The number of anilines is 3. The van der Waals surface area contributed by atoms with Gasteiger partial charge < -0.3 is 15.4 Å². The molecule has 3 aromatic rings. The number of amides is 1. The molecular formula is C21H20FN3O2. The molecule has 0 saturated heterocycles. The van der Waals surface area contributed by atoms with Gasteiger partial charge in [-0.3, -0.25) is 4.79 Å². The number of carbonyl (C=O) groups excluding carboxylic acids is 1. The van der Waals surface area contributed by atoms with Gasteiger partial charge in [-0.1, -0.05) is 24.3 Å². The minimum Gasteiger partial charge on any atom is -0.489 e. The Kier molecular flexibility index (Phi) is 5.66. The standard InChI is InChI=1S/C21H20FN3O2/c1-14(2)27-19-10-6-5-9-18(19)25-21(26)15-11-12-20(23-13-15)24-17-8-4-3-7-16(17)22/h3-14H,1-2H3,(H,23,24)(H,25,26). The summed E-state index contributed by atoms with van der Waals surface area (Å²) in [6.45, 7) is 3.84. The van der Waals surface area contributed by atoms with Crippen molar-refractivity contribution in [2.45, 2.75) is 20.0 Å². The lowest BCUT2D eigenvalue weighted by atomic mass is 10.2. The van der Waals surface area contributed by atoms with Crippen LogP contribution in [0, 0.1) is 5.82 Å². The molecule has 2 aromatic carbocycles. The molecule has 1 amide bonds. The maximum Gasteiger partial charge on any atom is 0.257 e. The van der Waals surface area contributed by atoms with Crippen LogP contribution in [0.5, 0.6) is 5.75 Å². The lowest BCUT2D eigenvalue weighted by molar-refractivity contribution is 0.102. The first kappa shape index (κ1) is 18.4. The molecule has 0 radical (unpaired) electrons. The molecule has 0 fully saturated rings. The van der Waals surface area contributed by atoms with Gasteiger partial charge in [0.15, 0.2) is 0 Å². The maximum absolute atomic E-state index is 13.7. The molecule has 0 aliphatic heterocycles. The lowest BCUT2D eigenvalue weighted by Gasteiger charge is -2.14. The first-order valence-corrected chi connectivity index (χ1v) is 8.57. The smallest absolute Gasteiger partial charge is 0.257 e. The number of halogens is 1. The van der Waals surface area contributed by atoms with Crippen molar-refractivity contribution in [2.24, 2.45) is 0 Å². The van der Waals surface area contributed by atoms with Gasteiger partial charge in [0.25, 0.3) is 5.91 Å². The monoisotopic (exact) mass is 365 g/mol. The molecule has 0 unspecified atom stereocenters. The fraction of sp³-hybridized carbons (Fsp3) is 0.143. The number of nitrogens with zero attached hydrogens (tertiary/aromatic N) is 1. The predicted octanol–water partition coefficient (Wildman–Crippen LogP) is 5.00. The van der Waals surface area contributed by atoms with E-state index in [0.29, 0.717) is 28.5 Å². The lowest BCUT2D eigenvalue weighted by Crippen LogP contribution is -2.14. The van der Waals surface area contributed by atoms with E-state index in [-0.39, 0.29) is 17.8 Å². The summed E-state index contributed by atoms with van der Waals surface area (Å²) in [5.41, 5.74) is 1.29. The maximum atomic E-state index is 13.7. The summed E-state index contributed by atoms with van der Waals surface area (Å²) in [6, 6.07) is 16.8. The Balaban J connectivity index is 1.70. The number of pyridine rings is 1. The van der Waals surface area contributed by atoms with E-state index in [1.54, 1.807) is 42.5 Å². The zero-order valence-corrected chi connectivity index (χ0v) is 15.1. The summed E-state index contributed by atoms with van der Waals surface area (Å²) in [5.74, 6) is 0.370. The molecule has 0 spiro atoms. The fourth-order valence-electron chi connectivity index (χ4n) is 2.42. The second-order valence-corrected chi connectivity index (χ2v) is 6.15. The molecule has 6 heteroatoms. The SMILES string of the molecule is CC(C)Oc1ccccc1NC(=O)c1ccc(Nc2ccccc2F)nc1. The van der Waals surface area contributed by atoms with E-state index in [2.05, 4.69) is 15.6 Å². The molecule has 138 valence electrons. The number of nitrogens with one attached hydrogen (secondary N) is 2. The summed E-state index contributed by atoms with van der Waals surface area (Å²) in [5, 5.41) is 5.71. The van der Waals surface area contributed by atoms with Crippen molar-refractivity contribution in [1.29, 1.82) is 0 Å². The van der Waals surface area contributed by atoms with E-state index in [9.17, 15) is 9.18 Å². The Bertz CT molecular complexity index is 927. The molecule has 5 nitrogen and oxygen atoms in total. The van der Waals surface area contributed by atoms with Crippen molar-refractivity contribution < 1.29 is 13.9 Å². The average Bonchev–Trinajstić information content (AvgIpc) is 2.65. The highest BCUT2D eigenvalue weighted by molar-refractivity contribution is 6.04. The van der Waals surface area contributed by atoms with Gasteiger partial charge in [-0.2, -0.15) is 0 Å². The summed E-state index contributed by atoms with van der Waals surface area (Å²) >= 11 is 0. The number of aromatic nitrogens is 1. The van der Waals surface area contributed by atoms with Crippen LogP contribution >= 0.6 is 0 Å². The normalized spacial score (nSPS) is 10.5. The molecule has 1 heterocycles. The first-order chi connectivity index (χ1) is 13.0. The van der Waals surface area contributed by atoms with Crippen LogP contribution in [0.3, 0.4) is 0 Å². The zero-order chi connectivity index (χ0) is 19.2. The van der Waals surface area contributed by atoms with E-state index in [0.717, 1.165) is 0 Å². The molecule has 0 atom stereocenters. The molecule has 0 saturated carbocycles. The van der Waals surface area contributed by atoms with Crippen molar-refractivity contribution in [3.8, 4) is 5.75 Å². The Hall–Kier alpha value is -3.41. The van der Waals surface area contributed by atoms with Gasteiger partial charge in [0.1, 0.15) is 17.4 Å². The summed E-state index contributed by atoms with van der Waals surface area (Å²) in [6.07, 6.45) is 1.43. The molecule has 0 bridgehead atoms. The number of ether oxygens (including phenoxy) is 1. The van der Waals surface area contributed by atoms with Crippen LogP contribution in [0.2, 0.25) is 0 Å². The van der Waals surface area contributed by atoms with Crippen molar-refractivity contribution in [3.05, 3.63) is 78.2 Å². The van der Waals surface area contributed by atoms with Gasteiger partial charge >= 0.3 is 0 Å². The Morgan fingerprint density at radius 3 is 2.37 bits per heavy atom. The average molecular weight is 365 g/mol. The molecule has 0 aliphatic carbocycles. The van der Waals surface area contributed by atoms with Crippen LogP contribution < -0.4 is 15.4 Å². The summed E-state index contributed by atoms with van der Waals surface area (Å²) in [4.78, 5) is 16.7. The van der Waals surface area contributed by atoms with Crippen LogP contribution in [-0.4, -0.2) is 17.0 Å². The van der Waals surface area contributed by atoms with E-state index in [1.807, 2.05) is 26.0 Å². The second kappa shape index (κ2) is 8.31. The first-order valence-electron chi connectivity index (χ1n) is 8.57. The number of para-hydroxylation sites is 3. The van der Waals surface area contributed by atoms with Crippen LogP contribution in [0.1, 0.15) is 24.2 Å². The van der Waals surface area contributed by atoms with Crippen LogP contribution in [0.15, 0.2) is 66.9 Å². The van der Waals surface area contributed by atoms with Crippen LogP contribution in [0.4, 0.5) is 21.6 Å².